The molecule has 1 N–H and O–H groups in total. The lowest BCUT2D eigenvalue weighted by molar-refractivity contribution is -0.119. The third kappa shape index (κ3) is 1.12. The summed E-state index contributed by atoms with van der Waals surface area (Å²) in [6.07, 6.45) is 2.43. The minimum absolute atomic E-state index is 0.0110. The van der Waals surface area contributed by atoms with E-state index in [0.717, 1.165) is 6.54 Å². The van der Waals surface area contributed by atoms with Crippen molar-refractivity contribution in [1.29, 1.82) is 0 Å². The minimum atomic E-state index is 0.0110. The van der Waals surface area contributed by atoms with Crippen molar-refractivity contribution in [2.45, 2.75) is 13.3 Å². The first-order chi connectivity index (χ1) is 4.16. The maximum absolute atomic E-state index is 10.7. The highest BCUT2D eigenvalue weighted by molar-refractivity contribution is 5.79. The van der Waals surface area contributed by atoms with Gasteiger partial charge in [-0.3, -0.25) is 4.79 Å². The molecule has 2 nitrogen and oxygen atoms in total. The fourth-order valence-electron chi connectivity index (χ4n) is 0.937. The summed E-state index contributed by atoms with van der Waals surface area (Å²) < 4.78 is 0. The molecular weight excluding hydrogens is 114 g/mol. The Hall–Kier alpha value is -0.790. The van der Waals surface area contributed by atoms with Gasteiger partial charge in [-0.25, -0.2) is 0 Å². The van der Waals surface area contributed by atoms with Crippen LogP contribution in [0.1, 0.15) is 13.3 Å². The second-order valence-electron chi connectivity index (χ2n) is 2.81. The van der Waals surface area contributed by atoms with Crippen molar-refractivity contribution in [1.82, 2.24) is 5.32 Å². The predicted molar refractivity (Wildman–Crippen MR) is 35.9 cm³/mol. The van der Waals surface area contributed by atoms with E-state index in [9.17, 15) is 4.79 Å². The molecule has 0 saturated carbocycles. The quantitative estimate of drug-likeness (QED) is 0.513. The van der Waals surface area contributed by atoms with E-state index in [4.69, 9.17) is 0 Å². The maximum atomic E-state index is 10.7. The van der Waals surface area contributed by atoms with Gasteiger partial charge in [0, 0.05) is 18.4 Å². The van der Waals surface area contributed by atoms with Gasteiger partial charge in [0.2, 0.25) is 5.91 Å². The molecule has 0 aliphatic carbocycles. The molecule has 1 atom stereocenters. The Bertz CT molecular complexity index is 153. The summed E-state index contributed by atoms with van der Waals surface area (Å²) in [6, 6.07) is 0. The zero-order valence-electron chi connectivity index (χ0n) is 5.61. The van der Waals surface area contributed by atoms with Crippen LogP contribution in [-0.4, -0.2) is 12.5 Å². The molecule has 1 heterocycles. The van der Waals surface area contributed by atoms with E-state index in [0.29, 0.717) is 6.42 Å². The molecule has 0 aromatic carbocycles. The first kappa shape index (κ1) is 6.33. The second kappa shape index (κ2) is 1.87. The molecule has 0 bridgehead atoms. The van der Waals surface area contributed by atoms with Crippen LogP contribution in [0.4, 0.5) is 0 Å². The molecule has 0 aromatic rings. The topological polar surface area (TPSA) is 29.1 Å². The largest absolute Gasteiger partial charge is 0.355 e. The van der Waals surface area contributed by atoms with Gasteiger partial charge in [0.1, 0.15) is 0 Å². The number of amides is 1. The van der Waals surface area contributed by atoms with Crippen molar-refractivity contribution < 1.29 is 4.79 Å². The van der Waals surface area contributed by atoms with Crippen LogP contribution < -0.4 is 5.32 Å². The summed E-state index contributed by atoms with van der Waals surface area (Å²) in [4.78, 5) is 10.7. The van der Waals surface area contributed by atoms with E-state index in [1.807, 2.05) is 13.0 Å². The number of nitrogens with one attached hydrogen (secondary N) is 1. The van der Waals surface area contributed by atoms with Crippen LogP contribution in [0.2, 0.25) is 0 Å². The minimum Gasteiger partial charge on any atom is -0.355 e. The molecule has 1 saturated heterocycles. The highest BCUT2D eigenvalue weighted by atomic mass is 16.1. The summed E-state index contributed by atoms with van der Waals surface area (Å²) in [5.74, 6) is 0.136. The molecule has 1 aliphatic heterocycles. The SMILES string of the molecule is C=CC1(C)CNC(=O)C1. The third-order valence-corrected chi connectivity index (χ3v) is 1.75. The van der Waals surface area contributed by atoms with Crippen molar-refractivity contribution in [3.05, 3.63) is 12.7 Å². The Morgan fingerprint density at radius 2 is 2.56 bits per heavy atom. The second-order valence-corrected chi connectivity index (χ2v) is 2.81. The van der Waals surface area contributed by atoms with E-state index in [2.05, 4.69) is 11.9 Å². The van der Waals surface area contributed by atoms with Gasteiger partial charge in [0.15, 0.2) is 0 Å². The molecule has 1 unspecified atom stereocenters. The molecule has 9 heavy (non-hydrogen) atoms. The molecule has 50 valence electrons. The lowest BCUT2D eigenvalue weighted by Crippen LogP contribution is -2.17. The van der Waals surface area contributed by atoms with Crippen molar-refractivity contribution in [3.63, 3.8) is 0 Å². The lowest BCUT2D eigenvalue weighted by atomic mass is 9.90. The summed E-state index contributed by atoms with van der Waals surface area (Å²) in [7, 11) is 0. The summed E-state index contributed by atoms with van der Waals surface area (Å²) in [6.45, 7) is 6.43. The molecule has 1 amide bonds. The Labute approximate surface area is 54.9 Å². The Balaban J connectivity index is 2.65. The van der Waals surface area contributed by atoms with Crippen LogP contribution in [0.25, 0.3) is 0 Å². The van der Waals surface area contributed by atoms with Gasteiger partial charge in [-0.1, -0.05) is 13.0 Å². The molecular formula is C7H11NO. The molecule has 0 radical (unpaired) electrons. The molecule has 0 aromatic heterocycles. The smallest absolute Gasteiger partial charge is 0.220 e. The van der Waals surface area contributed by atoms with Crippen LogP contribution in [0.5, 0.6) is 0 Å². The van der Waals surface area contributed by atoms with E-state index in [-0.39, 0.29) is 11.3 Å². The van der Waals surface area contributed by atoms with Gasteiger partial charge in [-0.15, -0.1) is 6.58 Å². The van der Waals surface area contributed by atoms with E-state index >= 15 is 0 Å². The lowest BCUT2D eigenvalue weighted by Gasteiger charge is -2.13. The van der Waals surface area contributed by atoms with Gasteiger partial charge in [-0.05, 0) is 0 Å². The zero-order valence-corrected chi connectivity index (χ0v) is 5.61. The first-order valence-corrected chi connectivity index (χ1v) is 3.07. The Morgan fingerprint density at radius 3 is 2.78 bits per heavy atom. The summed E-state index contributed by atoms with van der Waals surface area (Å²) in [5.41, 5.74) is 0.0110. The van der Waals surface area contributed by atoms with Crippen molar-refractivity contribution in [2.75, 3.05) is 6.54 Å². The standard InChI is InChI=1S/C7H11NO/c1-3-7(2)4-6(9)8-5-7/h3H,1,4-5H2,2H3,(H,8,9). The van der Waals surface area contributed by atoms with E-state index < -0.39 is 0 Å². The fourth-order valence-corrected chi connectivity index (χ4v) is 0.937. The average molecular weight is 125 g/mol. The molecule has 0 spiro atoms. The van der Waals surface area contributed by atoms with Crippen molar-refractivity contribution in [2.24, 2.45) is 5.41 Å². The average Bonchev–Trinajstić information content (AvgIpc) is 2.13. The van der Waals surface area contributed by atoms with E-state index in [1.54, 1.807) is 0 Å². The van der Waals surface area contributed by atoms with Gasteiger partial charge < -0.3 is 5.32 Å². The molecule has 1 aliphatic rings. The highest BCUT2D eigenvalue weighted by Gasteiger charge is 2.30. The number of hydrogen-bond acceptors (Lipinski definition) is 1. The first-order valence-electron chi connectivity index (χ1n) is 3.07. The van der Waals surface area contributed by atoms with Crippen LogP contribution in [0, 0.1) is 5.41 Å². The maximum Gasteiger partial charge on any atom is 0.220 e. The molecule has 1 rings (SSSR count). The van der Waals surface area contributed by atoms with Gasteiger partial charge in [0.25, 0.3) is 0 Å². The van der Waals surface area contributed by atoms with Gasteiger partial charge in [0.05, 0.1) is 0 Å². The van der Waals surface area contributed by atoms with Crippen LogP contribution in [0.3, 0.4) is 0 Å². The molecule has 2 heteroatoms. The third-order valence-electron chi connectivity index (χ3n) is 1.75. The fraction of sp³-hybridized carbons (Fsp3) is 0.571. The van der Waals surface area contributed by atoms with Gasteiger partial charge >= 0.3 is 0 Å². The summed E-state index contributed by atoms with van der Waals surface area (Å²) >= 11 is 0. The predicted octanol–water partition coefficient (Wildman–Crippen LogP) is 0.699. The monoisotopic (exact) mass is 125 g/mol. The van der Waals surface area contributed by atoms with Crippen LogP contribution in [0.15, 0.2) is 12.7 Å². The van der Waals surface area contributed by atoms with Crippen LogP contribution in [-0.2, 0) is 4.79 Å². The summed E-state index contributed by atoms with van der Waals surface area (Å²) in [5, 5.41) is 2.75. The van der Waals surface area contributed by atoms with Crippen molar-refractivity contribution in [3.8, 4) is 0 Å². The number of carbonyl (C=O) groups excluding carboxylic acids is 1. The van der Waals surface area contributed by atoms with Crippen LogP contribution >= 0.6 is 0 Å². The normalized spacial score (nSPS) is 34.1. The van der Waals surface area contributed by atoms with E-state index in [1.165, 1.54) is 0 Å². The van der Waals surface area contributed by atoms with Gasteiger partial charge in [-0.2, -0.15) is 0 Å². The highest BCUT2D eigenvalue weighted by Crippen LogP contribution is 2.25. The number of hydrogen-bond donors (Lipinski definition) is 1. The zero-order chi connectivity index (χ0) is 6.91. The Kier molecular flexibility index (Phi) is 1.31. The number of rotatable bonds is 1. The number of carbonyl (C=O) groups is 1. The molecule has 1 fully saturated rings. The Morgan fingerprint density at radius 1 is 1.89 bits per heavy atom. The van der Waals surface area contributed by atoms with Crippen molar-refractivity contribution >= 4 is 5.91 Å².